The van der Waals surface area contributed by atoms with Crippen LogP contribution in [0.3, 0.4) is 0 Å². The number of nitrogens with zero attached hydrogens (tertiary/aromatic N) is 2. The highest BCUT2D eigenvalue weighted by Gasteiger charge is 2.28. The van der Waals surface area contributed by atoms with Crippen LogP contribution in [0.15, 0.2) is 42.6 Å². The highest BCUT2D eigenvalue weighted by molar-refractivity contribution is 5.99. The van der Waals surface area contributed by atoms with E-state index in [2.05, 4.69) is 10.3 Å². The fourth-order valence-corrected chi connectivity index (χ4v) is 3.15. The topological polar surface area (TPSA) is 88.6 Å². The lowest BCUT2D eigenvalue weighted by atomic mass is 9.96. The van der Waals surface area contributed by atoms with Crippen LogP contribution in [0.25, 0.3) is 0 Å². The van der Waals surface area contributed by atoms with Crippen LogP contribution in [0.2, 0.25) is 0 Å². The molecule has 3 rings (SSSR count). The molecule has 0 bridgehead atoms. The third-order valence-electron chi connectivity index (χ3n) is 4.88. The van der Waals surface area contributed by atoms with Gasteiger partial charge in [-0.2, -0.15) is 0 Å². The van der Waals surface area contributed by atoms with Crippen molar-refractivity contribution in [2.24, 2.45) is 5.92 Å². The summed E-state index contributed by atoms with van der Waals surface area (Å²) in [6.07, 6.45) is 2.06. The Morgan fingerprint density at radius 3 is 2.59 bits per heavy atom. The van der Waals surface area contributed by atoms with E-state index in [1.807, 2.05) is 0 Å². The summed E-state index contributed by atoms with van der Waals surface area (Å²) in [7, 11) is 0. The summed E-state index contributed by atoms with van der Waals surface area (Å²) in [4.78, 5) is 42.3. The molecule has 0 saturated carbocycles. The van der Waals surface area contributed by atoms with E-state index < -0.39 is 17.7 Å². The molecule has 1 saturated heterocycles. The van der Waals surface area contributed by atoms with E-state index in [-0.39, 0.29) is 23.9 Å². The Kier molecular flexibility index (Phi) is 6.54. The van der Waals surface area contributed by atoms with Crippen molar-refractivity contribution in [1.82, 2.24) is 15.2 Å². The predicted molar refractivity (Wildman–Crippen MR) is 103 cm³/mol. The number of ether oxygens (including phenoxy) is 1. The van der Waals surface area contributed by atoms with Gasteiger partial charge in [-0.05, 0) is 44.0 Å². The molecular formula is C21H22FN3O4. The zero-order valence-corrected chi connectivity index (χ0v) is 16.1. The SMILES string of the molecule is Cc1ncccc1OC(=O)N1CCC(C(=O)NCC(=O)c2ccccc2F)CC1. The standard InChI is InChI=1S/C21H22FN3O4/c1-14-19(7-4-10-23-14)29-21(28)25-11-8-15(9-12-25)20(27)24-13-18(26)16-5-2-3-6-17(16)22/h2-7,10,15H,8-9,11-13H2,1H3,(H,24,27). The number of rotatable bonds is 5. The normalized spacial score (nSPS) is 14.3. The van der Waals surface area contributed by atoms with Gasteiger partial charge < -0.3 is 15.0 Å². The zero-order chi connectivity index (χ0) is 20.8. The lowest BCUT2D eigenvalue weighted by Crippen LogP contribution is -2.44. The lowest BCUT2D eigenvalue weighted by molar-refractivity contribution is -0.126. The second kappa shape index (κ2) is 9.27. The molecule has 1 aliphatic heterocycles. The first kappa shape index (κ1) is 20.4. The van der Waals surface area contributed by atoms with Crippen LogP contribution in [0.4, 0.5) is 9.18 Å². The van der Waals surface area contributed by atoms with E-state index in [1.54, 1.807) is 36.2 Å². The van der Waals surface area contributed by atoms with Gasteiger partial charge in [-0.25, -0.2) is 9.18 Å². The average molecular weight is 399 g/mol. The number of likely N-dealkylation sites (tertiary alicyclic amines) is 1. The zero-order valence-electron chi connectivity index (χ0n) is 16.1. The molecule has 1 aromatic carbocycles. The molecule has 0 atom stereocenters. The molecule has 1 N–H and O–H groups in total. The number of ketones is 1. The van der Waals surface area contributed by atoms with Crippen LogP contribution in [-0.2, 0) is 4.79 Å². The number of amides is 2. The van der Waals surface area contributed by atoms with Crippen LogP contribution in [-0.4, -0.2) is 47.3 Å². The van der Waals surface area contributed by atoms with Crippen molar-refractivity contribution in [2.75, 3.05) is 19.6 Å². The first-order valence-corrected chi connectivity index (χ1v) is 9.39. The third-order valence-corrected chi connectivity index (χ3v) is 4.88. The quantitative estimate of drug-likeness (QED) is 0.781. The van der Waals surface area contributed by atoms with Gasteiger partial charge in [0.25, 0.3) is 0 Å². The van der Waals surface area contributed by atoms with E-state index >= 15 is 0 Å². The van der Waals surface area contributed by atoms with Gasteiger partial charge in [-0.1, -0.05) is 12.1 Å². The number of Topliss-reactive ketones (excluding diaryl/α,β-unsaturated/α-hetero) is 1. The molecule has 0 spiro atoms. The molecule has 152 valence electrons. The first-order chi connectivity index (χ1) is 14.0. The third kappa shape index (κ3) is 5.16. The number of piperidine rings is 1. The van der Waals surface area contributed by atoms with Crippen molar-refractivity contribution in [2.45, 2.75) is 19.8 Å². The van der Waals surface area contributed by atoms with Crippen LogP contribution in [0.1, 0.15) is 28.9 Å². The molecule has 1 fully saturated rings. The number of nitrogens with one attached hydrogen (secondary N) is 1. The van der Waals surface area contributed by atoms with Gasteiger partial charge in [0.2, 0.25) is 5.91 Å². The summed E-state index contributed by atoms with van der Waals surface area (Å²) >= 11 is 0. The van der Waals surface area contributed by atoms with Gasteiger partial charge in [0.05, 0.1) is 17.8 Å². The summed E-state index contributed by atoms with van der Waals surface area (Å²) in [5.41, 5.74) is 0.575. The summed E-state index contributed by atoms with van der Waals surface area (Å²) in [5, 5.41) is 2.57. The summed E-state index contributed by atoms with van der Waals surface area (Å²) in [6.45, 7) is 2.24. The van der Waals surface area contributed by atoms with Gasteiger partial charge in [0.1, 0.15) is 5.82 Å². The molecule has 1 aliphatic rings. The maximum absolute atomic E-state index is 13.6. The van der Waals surface area contributed by atoms with Crippen LogP contribution < -0.4 is 10.1 Å². The number of hydrogen-bond donors (Lipinski definition) is 1. The molecular weight excluding hydrogens is 377 g/mol. The number of benzene rings is 1. The Hall–Kier alpha value is -3.29. The average Bonchev–Trinajstić information content (AvgIpc) is 2.74. The van der Waals surface area contributed by atoms with Crippen molar-refractivity contribution in [1.29, 1.82) is 0 Å². The number of halogens is 1. The maximum atomic E-state index is 13.6. The van der Waals surface area contributed by atoms with Crippen molar-refractivity contribution in [3.8, 4) is 5.75 Å². The monoisotopic (exact) mass is 399 g/mol. The lowest BCUT2D eigenvalue weighted by Gasteiger charge is -2.30. The van der Waals surface area contributed by atoms with Crippen molar-refractivity contribution in [3.05, 3.63) is 59.7 Å². The summed E-state index contributed by atoms with van der Waals surface area (Å²) in [5.74, 6) is -1.27. The van der Waals surface area contributed by atoms with E-state index in [9.17, 15) is 18.8 Å². The Labute approximate surface area is 167 Å². The minimum Gasteiger partial charge on any atom is -0.408 e. The maximum Gasteiger partial charge on any atom is 0.415 e. The van der Waals surface area contributed by atoms with Crippen LogP contribution >= 0.6 is 0 Å². The first-order valence-electron chi connectivity index (χ1n) is 9.39. The van der Waals surface area contributed by atoms with Gasteiger partial charge in [-0.15, -0.1) is 0 Å². The van der Waals surface area contributed by atoms with Crippen LogP contribution in [0, 0.1) is 18.7 Å². The minimum atomic E-state index is -0.609. The summed E-state index contributed by atoms with van der Waals surface area (Å²) in [6, 6.07) is 9.02. The Morgan fingerprint density at radius 1 is 1.17 bits per heavy atom. The van der Waals surface area contributed by atoms with Crippen molar-refractivity contribution >= 4 is 17.8 Å². The molecule has 2 amide bonds. The fourth-order valence-electron chi connectivity index (χ4n) is 3.15. The predicted octanol–water partition coefficient (Wildman–Crippen LogP) is 2.74. The molecule has 29 heavy (non-hydrogen) atoms. The Balaban J connectivity index is 1.46. The van der Waals surface area contributed by atoms with Gasteiger partial charge in [-0.3, -0.25) is 14.6 Å². The molecule has 2 aromatic rings. The van der Waals surface area contributed by atoms with E-state index in [0.29, 0.717) is 37.4 Å². The molecule has 0 aliphatic carbocycles. The second-order valence-electron chi connectivity index (χ2n) is 6.84. The van der Waals surface area contributed by atoms with Crippen LogP contribution in [0.5, 0.6) is 5.75 Å². The Morgan fingerprint density at radius 2 is 1.90 bits per heavy atom. The number of aryl methyl sites for hydroxylation is 1. The highest BCUT2D eigenvalue weighted by Crippen LogP contribution is 2.20. The highest BCUT2D eigenvalue weighted by atomic mass is 19.1. The molecule has 8 heteroatoms. The number of carbonyl (C=O) groups excluding carboxylic acids is 3. The molecule has 0 unspecified atom stereocenters. The number of hydrogen-bond acceptors (Lipinski definition) is 5. The Bertz CT molecular complexity index is 910. The van der Waals surface area contributed by atoms with E-state index in [1.165, 1.54) is 18.2 Å². The minimum absolute atomic E-state index is 0.0453. The largest absolute Gasteiger partial charge is 0.415 e. The number of aromatic nitrogens is 1. The van der Waals surface area contributed by atoms with Gasteiger partial charge >= 0.3 is 6.09 Å². The fraction of sp³-hybridized carbons (Fsp3) is 0.333. The number of pyridine rings is 1. The van der Waals surface area contributed by atoms with Crippen molar-refractivity contribution in [3.63, 3.8) is 0 Å². The molecule has 7 nitrogen and oxygen atoms in total. The summed E-state index contributed by atoms with van der Waals surface area (Å²) < 4.78 is 19.0. The van der Waals surface area contributed by atoms with Gasteiger partial charge in [0, 0.05) is 25.2 Å². The molecule has 0 radical (unpaired) electrons. The van der Waals surface area contributed by atoms with E-state index in [0.717, 1.165) is 0 Å². The van der Waals surface area contributed by atoms with Gasteiger partial charge in [0.15, 0.2) is 11.5 Å². The smallest absolute Gasteiger partial charge is 0.408 e. The number of carbonyl (C=O) groups is 3. The molecule has 1 aromatic heterocycles. The van der Waals surface area contributed by atoms with E-state index in [4.69, 9.17) is 4.74 Å². The second-order valence-corrected chi connectivity index (χ2v) is 6.84. The van der Waals surface area contributed by atoms with Crippen molar-refractivity contribution < 1.29 is 23.5 Å². The molecule has 2 heterocycles.